The van der Waals surface area contributed by atoms with Gasteiger partial charge in [0.25, 0.3) is 5.56 Å². The Morgan fingerprint density at radius 3 is 2.38 bits per heavy atom. The fourth-order valence-electron chi connectivity index (χ4n) is 5.24. The van der Waals surface area contributed by atoms with E-state index in [-0.39, 0.29) is 28.2 Å². The van der Waals surface area contributed by atoms with Crippen LogP contribution in [0.4, 0.5) is 5.69 Å². The monoisotopic (exact) mass is 477 g/mol. The summed E-state index contributed by atoms with van der Waals surface area (Å²) in [6.07, 6.45) is 0.872. The van der Waals surface area contributed by atoms with Crippen molar-refractivity contribution in [2.45, 2.75) is 37.6 Å². The first-order chi connectivity index (χ1) is 16.2. The highest BCUT2D eigenvalue weighted by Gasteiger charge is 2.39. The highest BCUT2D eigenvalue weighted by molar-refractivity contribution is 7.89. The molecule has 1 aromatic heterocycles. The van der Waals surface area contributed by atoms with E-state index < -0.39 is 10.0 Å². The Balaban J connectivity index is 1.44. The number of nitrogens with zero attached hydrogens (tertiary/aromatic N) is 2. The van der Waals surface area contributed by atoms with Gasteiger partial charge in [-0.05, 0) is 66.8 Å². The van der Waals surface area contributed by atoms with Crippen LogP contribution < -0.4 is 10.9 Å². The summed E-state index contributed by atoms with van der Waals surface area (Å²) >= 11 is 0. The molecule has 2 aliphatic rings. The third-order valence-corrected chi connectivity index (χ3v) is 8.66. The summed E-state index contributed by atoms with van der Waals surface area (Å²) in [5.41, 5.74) is 4.12. The Kier molecular flexibility index (Phi) is 5.65. The lowest BCUT2D eigenvalue weighted by molar-refractivity contribution is -0.114. The van der Waals surface area contributed by atoms with Crippen LogP contribution in [0, 0.1) is 12.8 Å². The summed E-state index contributed by atoms with van der Waals surface area (Å²) in [5.74, 6) is -0.164. The summed E-state index contributed by atoms with van der Waals surface area (Å²) in [6, 6.07) is 18.0. The predicted molar refractivity (Wildman–Crippen MR) is 131 cm³/mol. The van der Waals surface area contributed by atoms with E-state index in [1.165, 1.54) is 19.1 Å². The minimum absolute atomic E-state index is 0.00799. The SMILES string of the molecule is CC(=O)Nc1ccc(S(=O)(=O)N2C[C@H]3C[C@H](C2)c2ccc(-c4ccccc4C)c(=O)n2C3)cc1. The Morgan fingerprint density at radius 1 is 0.941 bits per heavy atom. The first-order valence-electron chi connectivity index (χ1n) is 11.4. The molecule has 0 unspecified atom stereocenters. The van der Waals surface area contributed by atoms with E-state index in [1.54, 1.807) is 16.4 Å². The molecule has 3 aromatic rings. The number of carbonyl (C=O) groups excluding carboxylic acids is 1. The van der Waals surface area contributed by atoms with Gasteiger partial charge in [-0.25, -0.2) is 8.42 Å². The first-order valence-corrected chi connectivity index (χ1v) is 12.9. The molecule has 1 saturated heterocycles. The molecule has 0 spiro atoms. The van der Waals surface area contributed by atoms with Gasteiger partial charge in [0, 0.05) is 49.4 Å². The van der Waals surface area contributed by atoms with Crippen LogP contribution in [-0.4, -0.2) is 36.3 Å². The van der Waals surface area contributed by atoms with E-state index >= 15 is 0 Å². The molecule has 2 atom stereocenters. The Labute approximate surface area is 199 Å². The third kappa shape index (κ3) is 3.97. The Morgan fingerprint density at radius 2 is 1.68 bits per heavy atom. The summed E-state index contributed by atoms with van der Waals surface area (Å²) in [5, 5.41) is 2.65. The fourth-order valence-corrected chi connectivity index (χ4v) is 6.80. The summed E-state index contributed by atoms with van der Waals surface area (Å²) < 4.78 is 30.2. The van der Waals surface area contributed by atoms with Crippen molar-refractivity contribution in [2.24, 2.45) is 5.92 Å². The van der Waals surface area contributed by atoms with Crippen LogP contribution in [0.3, 0.4) is 0 Å². The van der Waals surface area contributed by atoms with E-state index in [0.29, 0.717) is 30.9 Å². The van der Waals surface area contributed by atoms with Gasteiger partial charge in [0.05, 0.1) is 4.90 Å². The predicted octanol–water partition coefficient (Wildman–Crippen LogP) is 3.59. The molecule has 0 aliphatic carbocycles. The van der Waals surface area contributed by atoms with E-state index in [1.807, 2.05) is 47.9 Å². The third-order valence-electron chi connectivity index (χ3n) is 6.82. The second kappa shape index (κ2) is 8.52. The Hall–Kier alpha value is -3.23. The van der Waals surface area contributed by atoms with Crippen LogP contribution in [0.2, 0.25) is 0 Å². The quantitative estimate of drug-likeness (QED) is 0.622. The number of amides is 1. The lowest BCUT2D eigenvalue weighted by Crippen LogP contribution is -2.49. The number of anilines is 1. The zero-order valence-corrected chi connectivity index (χ0v) is 20.0. The van der Waals surface area contributed by atoms with Crippen LogP contribution in [-0.2, 0) is 21.4 Å². The number of pyridine rings is 1. The number of aryl methyl sites for hydroxylation is 1. The lowest BCUT2D eigenvalue weighted by Gasteiger charge is -2.42. The summed E-state index contributed by atoms with van der Waals surface area (Å²) in [6.45, 7) is 4.64. The largest absolute Gasteiger partial charge is 0.326 e. The average molecular weight is 478 g/mol. The molecule has 0 radical (unpaired) electrons. The summed E-state index contributed by atoms with van der Waals surface area (Å²) in [4.78, 5) is 24.8. The number of hydrogen-bond acceptors (Lipinski definition) is 4. The minimum atomic E-state index is -3.69. The van der Waals surface area contributed by atoms with Gasteiger partial charge in [-0.15, -0.1) is 0 Å². The number of hydrogen-bond donors (Lipinski definition) is 1. The highest BCUT2D eigenvalue weighted by Crippen LogP contribution is 2.38. The molecule has 2 aromatic carbocycles. The number of piperidine rings is 1. The molecule has 1 amide bonds. The van der Waals surface area contributed by atoms with Gasteiger partial charge in [-0.1, -0.05) is 24.3 Å². The van der Waals surface area contributed by atoms with Gasteiger partial charge in [-0.2, -0.15) is 4.31 Å². The standard InChI is InChI=1S/C26H27N3O4S/c1-17-5-3-4-6-23(17)24-11-12-25-20-13-19(15-29(25)26(24)31)14-28(16-20)34(32,33)22-9-7-21(8-10-22)27-18(2)30/h3-12,19-20H,13-16H2,1-2H3,(H,27,30)/t19-,20-/m1/s1. The van der Waals surface area contributed by atoms with Gasteiger partial charge in [0.15, 0.2) is 0 Å². The van der Waals surface area contributed by atoms with Gasteiger partial charge < -0.3 is 9.88 Å². The normalized spacial score (nSPS) is 19.9. The van der Waals surface area contributed by atoms with Crippen molar-refractivity contribution < 1.29 is 13.2 Å². The van der Waals surface area contributed by atoms with Gasteiger partial charge in [0.1, 0.15) is 0 Å². The molecule has 0 saturated carbocycles. The number of benzene rings is 2. The maximum atomic E-state index is 13.4. The van der Waals surface area contributed by atoms with Gasteiger partial charge >= 0.3 is 0 Å². The van der Waals surface area contributed by atoms with E-state index in [9.17, 15) is 18.0 Å². The molecule has 1 N–H and O–H groups in total. The molecule has 176 valence electrons. The fraction of sp³-hybridized carbons (Fsp3) is 0.308. The van der Waals surface area contributed by atoms with E-state index in [2.05, 4.69) is 5.32 Å². The zero-order valence-electron chi connectivity index (χ0n) is 19.2. The molecule has 2 bridgehead atoms. The minimum Gasteiger partial charge on any atom is -0.326 e. The number of fused-ring (bicyclic) bond motifs is 4. The van der Waals surface area contributed by atoms with Gasteiger partial charge in [-0.3, -0.25) is 9.59 Å². The molecule has 2 aliphatic heterocycles. The van der Waals surface area contributed by atoms with Crippen molar-refractivity contribution in [2.75, 3.05) is 18.4 Å². The zero-order chi connectivity index (χ0) is 24.0. The smallest absolute Gasteiger partial charge is 0.258 e. The molecule has 1 fully saturated rings. The average Bonchev–Trinajstić information content (AvgIpc) is 2.80. The van der Waals surface area contributed by atoms with Crippen LogP contribution in [0.5, 0.6) is 0 Å². The van der Waals surface area contributed by atoms with Crippen molar-refractivity contribution in [3.63, 3.8) is 0 Å². The number of rotatable bonds is 4. The topological polar surface area (TPSA) is 88.5 Å². The molecule has 8 heteroatoms. The summed E-state index contributed by atoms with van der Waals surface area (Å²) in [7, 11) is -3.69. The molecular formula is C26H27N3O4S. The van der Waals surface area contributed by atoms with E-state index in [4.69, 9.17) is 0 Å². The maximum absolute atomic E-state index is 13.4. The van der Waals surface area contributed by atoms with E-state index in [0.717, 1.165) is 23.2 Å². The Bertz CT molecular complexity index is 1430. The number of nitrogens with one attached hydrogen (secondary N) is 1. The van der Waals surface area contributed by atoms with Crippen LogP contribution in [0.25, 0.3) is 11.1 Å². The number of carbonyl (C=O) groups is 1. The molecular weight excluding hydrogens is 450 g/mol. The van der Waals surface area contributed by atoms with Gasteiger partial charge in [0.2, 0.25) is 15.9 Å². The van der Waals surface area contributed by atoms with Crippen LogP contribution in [0.1, 0.15) is 30.5 Å². The van der Waals surface area contributed by atoms with Crippen molar-refractivity contribution in [3.8, 4) is 11.1 Å². The maximum Gasteiger partial charge on any atom is 0.258 e. The van der Waals surface area contributed by atoms with Crippen LogP contribution in [0.15, 0.2) is 70.4 Å². The number of aromatic nitrogens is 1. The van der Waals surface area contributed by atoms with Crippen molar-refractivity contribution >= 4 is 21.6 Å². The van der Waals surface area contributed by atoms with Crippen molar-refractivity contribution in [3.05, 3.63) is 82.3 Å². The van der Waals surface area contributed by atoms with Crippen molar-refractivity contribution in [1.29, 1.82) is 0 Å². The first kappa shape index (κ1) is 22.6. The van der Waals surface area contributed by atoms with Crippen molar-refractivity contribution in [1.82, 2.24) is 8.87 Å². The second-order valence-corrected chi connectivity index (χ2v) is 11.2. The molecule has 5 rings (SSSR count). The molecule has 7 nitrogen and oxygen atoms in total. The second-order valence-electron chi connectivity index (χ2n) is 9.23. The highest BCUT2D eigenvalue weighted by atomic mass is 32.2. The van der Waals surface area contributed by atoms with Crippen LogP contribution >= 0.6 is 0 Å². The molecule has 3 heterocycles. The number of sulfonamides is 1. The molecule has 34 heavy (non-hydrogen) atoms. The lowest BCUT2D eigenvalue weighted by atomic mass is 9.83.